The number of rotatable bonds is 2. The first kappa shape index (κ1) is 15.4. The molecule has 2 aromatic rings. The van der Waals surface area contributed by atoms with Gasteiger partial charge in [-0.25, -0.2) is 0 Å². The van der Waals surface area contributed by atoms with E-state index < -0.39 is 0 Å². The van der Waals surface area contributed by atoms with Crippen LogP contribution >= 0.6 is 31.9 Å². The molecule has 5 rings (SSSR count). The lowest BCUT2D eigenvalue weighted by atomic mass is 9.54. The van der Waals surface area contributed by atoms with Crippen LogP contribution in [0, 0.1) is 17.3 Å². The Labute approximate surface area is 160 Å². The molecule has 2 heteroatoms. The second-order valence-electron chi connectivity index (χ2n) is 8.05. The van der Waals surface area contributed by atoms with Gasteiger partial charge in [-0.15, -0.1) is 0 Å². The van der Waals surface area contributed by atoms with E-state index in [0.717, 1.165) is 14.9 Å². The molecule has 4 atom stereocenters. The molecular weight excluding hydrogens is 424 g/mol. The molecule has 2 aromatic carbocycles. The molecule has 0 heterocycles. The molecule has 0 spiro atoms. The minimum Gasteiger partial charge on any atom is -0.0879 e. The molecule has 0 unspecified atom stereocenters. The third-order valence-electron chi connectivity index (χ3n) is 7.35. The van der Waals surface area contributed by atoms with Crippen LogP contribution in [0.4, 0.5) is 0 Å². The summed E-state index contributed by atoms with van der Waals surface area (Å²) in [6, 6.07) is 18.2. The topological polar surface area (TPSA) is 0 Å². The predicted octanol–water partition coefficient (Wildman–Crippen LogP) is 6.63. The highest BCUT2D eigenvalue weighted by Gasteiger charge is 2.95. The molecule has 0 bridgehead atoms. The van der Waals surface area contributed by atoms with Crippen LogP contribution in [0.15, 0.2) is 69.6 Å². The van der Waals surface area contributed by atoms with Crippen LogP contribution in [-0.4, -0.2) is 0 Å². The van der Waals surface area contributed by atoms with Gasteiger partial charge < -0.3 is 0 Å². The third kappa shape index (κ3) is 1.40. The summed E-state index contributed by atoms with van der Waals surface area (Å²) in [6.45, 7) is 4.98. The molecule has 0 aliphatic heterocycles. The smallest absolute Gasteiger partial charge is 0.0184 e. The minimum absolute atomic E-state index is 0.242. The minimum atomic E-state index is 0.242. The lowest BCUT2D eigenvalue weighted by Crippen LogP contribution is -2.49. The van der Waals surface area contributed by atoms with Gasteiger partial charge in [-0.05, 0) is 59.1 Å². The van der Waals surface area contributed by atoms with Gasteiger partial charge in [-0.1, -0.05) is 82.1 Å². The van der Waals surface area contributed by atoms with E-state index in [9.17, 15) is 0 Å². The van der Waals surface area contributed by atoms with Crippen molar-refractivity contribution in [3.8, 4) is 0 Å². The lowest BCUT2D eigenvalue weighted by Gasteiger charge is -2.48. The van der Waals surface area contributed by atoms with Gasteiger partial charge in [0.25, 0.3) is 0 Å². The Morgan fingerprint density at radius 1 is 0.792 bits per heavy atom. The number of allylic oxidation sites excluding steroid dienone is 2. The third-order valence-corrected chi connectivity index (χ3v) is 8.41. The Morgan fingerprint density at radius 3 is 1.83 bits per heavy atom. The summed E-state index contributed by atoms with van der Waals surface area (Å²) in [5.41, 5.74) is 3.81. The summed E-state index contributed by atoms with van der Waals surface area (Å²) in [5, 5.41) is 0. The first-order chi connectivity index (χ1) is 11.5. The molecule has 3 aliphatic rings. The Balaban J connectivity index is 1.74. The fourth-order valence-corrected chi connectivity index (χ4v) is 7.37. The number of fused-ring (bicyclic) bond motifs is 4. The molecule has 0 aromatic heterocycles. The van der Waals surface area contributed by atoms with E-state index in [-0.39, 0.29) is 16.2 Å². The van der Waals surface area contributed by atoms with Crippen molar-refractivity contribution in [1.29, 1.82) is 0 Å². The Morgan fingerprint density at radius 2 is 1.29 bits per heavy atom. The van der Waals surface area contributed by atoms with E-state index in [1.807, 2.05) is 0 Å². The first-order valence-electron chi connectivity index (χ1n) is 8.66. The molecule has 0 nitrogen and oxygen atoms in total. The summed E-state index contributed by atoms with van der Waals surface area (Å²) in [6.07, 6.45) is 6.14. The Hall–Kier alpha value is -0.860. The number of benzene rings is 2. The van der Waals surface area contributed by atoms with Crippen molar-refractivity contribution in [3.63, 3.8) is 0 Å². The number of hydrogen-bond acceptors (Lipinski definition) is 0. The molecule has 2 saturated carbocycles. The van der Waals surface area contributed by atoms with Gasteiger partial charge in [-0.2, -0.15) is 0 Å². The average molecular weight is 444 g/mol. The SMILES string of the molecule is CC1(C)[C@]2(c3ccc(Br)cc3)[C@H]3CC=C[C@H]3[C@]12c1ccc(Br)cc1. The maximum atomic E-state index is 3.60. The van der Waals surface area contributed by atoms with Gasteiger partial charge in [0, 0.05) is 19.8 Å². The molecule has 0 radical (unpaired) electrons. The summed E-state index contributed by atoms with van der Waals surface area (Å²) in [7, 11) is 0. The van der Waals surface area contributed by atoms with Gasteiger partial charge >= 0.3 is 0 Å². The summed E-state index contributed by atoms with van der Waals surface area (Å²) in [5.74, 6) is 1.43. The van der Waals surface area contributed by atoms with Gasteiger partial charge in [0.2, 0.25) is 0 Å². The zero-order valence-electron chi connectivity index (χ0n) is 13.9. The summed E-state index contributed by atoms with van der Waals surface area (Å²) >= 11 is 7.20. The quantitative estimate of drug-likeness (QED) is 0.456. The lowest BCUT2D eigenvalue weighted by molar-refractivity contribution is 0.145. The van der Waals surface area contributed by atoms with Crippen molar-refractivity contribution in [2.75, 3.05) is 0 Å². The number of hydrogen-bond donors (Lipinski definition) is 0. The van der Waals surface area contributed by atoms with Gasteiger partial charge in [0.05, 0.1) is 0 Å². The normalized spacial score (nSPS) is 37.5. The molecular formula is C22H20Br2. The van der Waals surface area contributed by atoms with Crippen molar-refractivity contribution in [3.05, 3.63) is 80.8 Å². The van der Waals surface area contributed by atoms with Gasteiger partial charge in [0.1, 0.15) is 0 Å². The molecule has 0 amide bonds. The van der Waals surface area contributed by atoms with Gasteiger partial charge in [-0.3, -0.25) is 0 Å². The van der Waals surface area contributed by atoms with E-state index in [2.05, 4.69) is 106 Å². The van der Waals surface area contributed by atoms with Crippen LogP contribution in [0.1, 0.15) is 31.4 Å². The van der Waals surface area contributed by atoms with Crippen molar-refractivity contribution < 1.29 is 0 Å². The molecule has 122 valence electrons. The van der Waals surface area contributed by atoms with Crippen molar-refractivity contribution in [1.82, 2.24) is 0 Å². The Bertz CT molecular complexity index is 847. The van der Waals surface area contributed by atoms with E-state index in [1.165, 1.54) is 17.5 Å². The van der Waals surface area contributed by atoms with Crippen LogP contribution < -0.4 is 0 Å². The Kier molecular flexibility index (Phi) is 2.98. The molecule has 24 heavy (non-hydrogen) atoms. The second-order valence-corrected chi connectivity index (χ2v) is 9.88. The largest absolute Gasteiger partial charge is 0.0879 e. The van der Waals surface area contributed by atoms with E-state index in [4.69, 9.17) is 0 Å². The fourth-order valence-electron chi connectivity index (χ4n) is 6.84. The van der Waals surface area contributed by atoms with Gasteiger partial charge in [0.15, 0.2) is 0 Å². The highest BCUT2D eigenvalue weighted by molar-refractivity contribution is 9.10. The average Bonchev–Trinajstić information content (AvgIpc) is 2.82. The first-order valence-corrected chi connectivity index (χ1v) is 10.3. The summed E-state index contributed by atoms with van der Waals surface area (Å²) < 4.78 is 2.32. The molecule has 2 fully saturated rings. The van der Waals surface area contributed by atoms with Crippen LogP contribution in [0.5, 0.6) is 0 Å². The highest BCUT2D eigenvalue weighted by atomic mass is 79.9. The predicted molar refractivity (Wildman–Crippen MR) is 106 cm³/mol. The maximum Gasteiger partial charge on any atom is 0.0184 e. The van der Waals surface area contributed by atoms with Crippen LogP contribution in [0.3, 0.4) is 0 Å². The van der Waals surface area contributed by atoms with Crippen LogP contribution in [0.25, 0.3) is 0 Å². The standard InChI is InChI=1S/C22H20Br2/c1-20(2)21(14-6-10-16(23)11-7-14)18-4-3-5-19(18)22(20,21)15-8-12-17(24)13-9-15/h3-4,6-13,18-19H,5H2,1-2H3/t18-,19+,21-,22+/m1/s1. The molecule has 0 N–H and O–H groups in total. The molecule has 3 aliphatic carbocycles. The number of halogens is 2. The van der Waals surface area contributed by atoms with Crippen LogP contribution in [0.2, 0.25) is 0 Å². The second kappa shape index (κ2) is 4.65. The van der Waals surface area contributed by atoms with Crippen molar-refractivity contribution in [2.24, 2.45) is 17.3 Å². The van der Waals surface area contributed by atoms with E-state index in [0.29, 0.717) is 5.92 Å². The van der Waals surface area contributed by atoms with Crippen LogP contribution in [-0.2, 0) is 10.8 Å². The van der Waals surface area contributed by atoms with Crippen molar-refractivity contribution in [2.45, 2.75) is 31.1 Å². The van der Waals surface area contributed by atoms with Crippen molar-refractivity contribution >= 4 is 31.9 Å². The van der Waals surface area contributed by atoms with E-state index in [1.54, 1.807) is 0 Å². The zero-order valence-corrected chi connectivity index (χ0v) is 17.1. The monoisotopic (exact) mass is 442 g/mol. The molecule has 0 saturated heterocycles. The van der Waals surface area contributed by atoms with E-state index >= 15 is 0 Å². The highest BCUT2D eigenvalue weighted by Crippen LogP contribution is 2.94. The maximum absolute atomic E-state index is 3.60. The zero-order chi connectivity index (χ0) is 16.7. The fraction of sp³-hybridized carbons (Fsp3) is 0.364. The summed E-state index contributed by atoms with van der Waals surface area (Å²) in [4.78, 5) is 0.